The molecule has 1 aliphatic heterocycles. The van der Waals surface area contributed by atoms with Crippen LogP contribution in [0.25, 0.3) is 10.9 Å². The van der Waals surface area contributed by atoms with Gasteiger partial charge in [-0.25, -0.2) is 4.39 Å². The molecule has 0 saturated carbocycles. The average Bonchev–Trinajstić information content (AvgIpc) is 3.03. The summed E-state index contributed by atoms with van der Waals surface area (Å²) in [6.45, 7) is 4.26. The summed E-state index contributed by atoms with van der Waals surface area (Å²) in [7, 11) is 1.97. The molecule has 35 heavy (non-hydrogen) atoms. The predicted molar refractivity (Wildman–Crippen MR) is 138 cm³/mol. The number of anilines is 1. The van der Waals surface area contributed by atoms with Gasteiger partial charge in [0.15, 0.2) is 0 Å². The fraction of sp³-hybridized carbons (Fsp3) is 0.214. The number of hydrogen-bond donors (Lipinski definition) is 1. The zero-order valence-corrected chi connectivity index (χ0v) is 20.7. The molecule has 178 valence electrons. The van der Waals surface area contributed by atoms with Crippen molar-refractivity contribution in [2.75, 3.05) is 10.7 Å². The zero-order valence-electron chi connectivity index (χ0n) is 19.8. The van der Waals surface area contributed by atoms with E-state index in [1.54, 1.807) is 17.0 Å². The van der Waals surface area contributed by atoms with Gasteiger partial charge in [-0.3, -0.25) is 14.5 Å². The summed E-state index contributed by atoms with van der Waals surface area (Å²) in [6.07, 6.45) is 0. The molecule has 7 heteroatoms. The average molecular weight is 488 g/mol. The summed E-state index contributed by atoms with van der Waals surface area (Å²) >= 11 is 1.46. The Morgan fingerprint density at radius 2 is 1.80 bits per heavy atom. The second kappa shape index (κ2) is 9.23. The van der Waals surface area contributed by atoms with Gasteiger partial charge in [0.25, 0.3) is 0 Å². The quantitative estimate of drug-likeness (QED) is 0.418. The minimum Gasteiger partial charge on any atom is -0.350 e. The fourth-order valence-electron chi connectivity index (χ4n) is 4.62. The molecule has 5 rings (SSSR count). The molecule has 1 atom stereocenters. The summed E-state index contributed by atoms with van der Waals surface area (Å²) in [6, 6.07) is 19.0. The molecule has 2 amide bonds. The second-order valence-electron chi connectivity index (χ2n) is 8.86. The van der Waals surface area contributed by atoms with E-state index in [0.717, 1.165) is 38.2 Å². The Hall–Kier alpha value is -3.58. The number of amides is 2. The standard InChI is InChI=1S/C28H26FN3O2S/c1-17-8-13-21(14-18(17)2)32-24(33)16-35-28-25(22-6-4-5-7-23(22)31(28)3)26(32)27(34)30-15-19-9-11-20(29)12-10-19/h4-14,26H,15-16H2,1-3H3,(H,30,34). The Labute approximate surface area is 207 Å². The van der Waals surface area contributed by atoms with Crippen LogP contribution in [0.2, 0.25) is 0 Å². The van der Waals surface area contributed by atoms with Crippen LogP contribution in [0.4, 0.5) is 10.1 Å². The van der Waals surface area contributed by atoms with Crippen LogP contribution in [0.1, 0.15) is 28.3 Å². The van der Waals surface area contributed by atoms with Crippen LogP contribution in [-0.4, -0.2) is 22.1 Å². The summed E-state index contributed by atoms with van der Waals surface area (Å²) in [5.41, 5.74) is 5.49. The van der Waals surface area contributed by atoms with Crippen LogP contribution in [-0.2, 0) is 23.2 Å². The van der Waals surface area contributed by atoms with Gasteiger partial charge in [-0.15, -0.1) is 0 Å². The topological polar surface area (TPSA) is 54.3 Å². The number of carbonyl (C=O) groups is 2. The minimum absolute atomic E-state index is 0.125. The first-order valence-corrected chi connectivity index (χ1v) is 12.5. The van der Waals surface area contributed by atoms with Crippen molar-refractivity contribution in [1.29, 1.82) is 0 Å². The highest BCUT2D eigenvalue weighted by atomic mass is 32.2. The first-order valence-electron chi connectivity index (χ1n) is 11.5. The number of hydrogen-bond acceptors (Lipinski definition) is 3. The highest BCUT2D eigenvalue weighted by Gasteiger charge is 2.39. The van der Waals surface area contributed by atoms with Crippen molar-refractivity contribution >= 4 is 40.2 Å². The molecule has 1 unspecified atom stereocenters. The van der Waals surface area contributed by atoms with E-state index in [-0.39, 0.29) is 29.9 Å². The van der Waals surface area contributed by atoms with Gasteiger partial charge in [-0.05, 0) is 60.9 Å². The van der Waals surface area contributed by atoms with E-state index in [1.165, 1.54) is 23.9 Å². The third-order valence-electron chi connectivity index (χ3n) is 6.62. The van der Waals surface area contributed by atoms with Gasteiger partial charge in [0.1, 0.15) is 11.9 Å². The monoisotopic (exact) mass is 487 g/mol. The maximum atomic E-state index is 13.9. The SMILES string of the molecule is Cc1ccc(N2C(=O)CSc3c(c4ccccc4n3C)C2C(=O)NCc2ccc(F)cc2)cc1C. The lowest BCUT2D eigenvalue weighted by molar-refractivity contribution is -0.125. The van der Waals surface area contributed by atoms with E-state index in [2.05, 4.69) is 9.88 Å². The van der Waals surface area contributed by atoms with Crippen molar-refractivity contribution in [2.24, 2.45) is 7.05 Å². The summed E-state index contributed by atoms with van der Waals surface area (Å²) < 4.78 is 15.4. The molecule has 0 spiro atoms. The maximum Gasteiger partial charge on any atom is 0.248 e. The van der Waals surface area contributed by atoms with Crippen LogP contribution >= 0.6 is 11.8 Å². The van der Waals surface area contributed by atoms with Crippen molar-refractivity contribution in [3.05, 3.63) is 94.8 Å². The van der Waals surface area contributed by atoms with Gasteiger partial charge in [0.05, 0.1) is 10.8 Å². The van der Waals surface area contributed by atoms with Crippen LogP contribution in [0.3, 0.4) is 0 Å². The third kappa shape index (κ3) is 4.21. The molecule has 1 aliphatic rings. The van der Waals surface area contributed by atoms with Gasteiger partial charge >= 0.3 is 0 Å². The number of para-hydroxylation sites is 1. The number of aryl methyl sites for hydroxylation is 3. The number of benzene rings is 3. The first kappa shape index (κ1) is 23.2. The number of nitrogens with one attached hydrogen (secondary N) is 1. The van der Waals surface area contributed by atoms with Gasteiger partial charge in [0, 0.05) is 35.7 Å². The molecule has 0 fully saturated rings. The molecule has 0 aliphatic carbocycles. The Kier molecular flexibility index (Phi) is 6.11. The van der Waals surface area contributed by atoms with E-state index < -0.39 is 6.04 Å². The number of halogens is 1. The molecule has 1 N–H and O–H groups in total. The Morgan fingerprint density at radius 3 is 2.54 bits per heavy atom. The molecule has 5 nitrogen and oxygen atoms in total. The highest BCUT2D eigenvalue weighted by Crippen LogP contribution is 2.43. The number of carbonyl (C=O) groups excluding carboxylic acids is 2. The molecular weight excluding hydrogens is 461 g/mol. The molecule has 0 bridgehead atoms. The Balaban J connectivity index is 1.64. The van der Waals surface area contributed by atoms with Crippen molar-refractivity contribution in [3.8, 4) is 0 Å². The zero-order chi connectivity index (χ0) is 24.7. The second-order valence-corrected chi connectivity index (χ2v) is 9.83. The minimum atomic E-state index is -0.846. The lowest BCUT2D eigenvalue weighted by Crippen LogP contribution is -2.43. The number of rotatable bonds is 4. The van der Waals surface area contributed by atoms with Crippen molar-refractivity contribution in [1.82, 2.24) is 9.88 Å². The van der Waals surface area contributed by atoms with Gasteiger partial charge < -0.3 is 9.88 Å². The number of nitrogens with zero attached hydrogens (tertiary/aromatic N) is 2. The Morgan fingerprint density at radius 1 is 1.06 bits per heavy atom. The van der Waals surface area contributed by atoms with E-state index in [4.69, 9.17) is 0 Å². The van der Waals surface area contributed by atoms with E-state index in [9.17, 15) is 14.0 Å². The van der Waals surface area contributed by atoms with Crippen LogP contribution in [0.5, 0.6) is 0 Å². The molecule has 4 aromatic rings. The molecule has 3 aromatic carbocycles. The van der Waals surface area contributed by atoms with Crippen LogP contribution in [0, 0.1) is 19.7 Å². The van der Waals surface area contributed by atoms with Crippen molar-refractivity contribution in [2.45, 2.75) is 31.5 Å². The number of aromatic nitrogens is 1. The largest absolute Gasteiger partial charge is 0.350 e. The van der Waals surface area contributed by atoms with Gasteiger partial charge in [-0.1, -0.05) is 48.2 Å². The summed E-state index contributed by atoms with van der Waals surface area (Å²) in [5.74, 6) is -0.500. The number of fused-ring (bicyclic) bond motifs is 3. The predicted octanol–water partition coefficient (Wildman–Crippen LogP) is 5.43. The summed E-state index contributed by atoms with van der Waals surface area (Å²) in [4.78, 5) is 29.1. The molecule has 0 radical (unpaired) electrons. The normalized spacial score (nSPS) is 15.7. The van der Waals surface area contributed by atoms with E-state index in [0.29, 0.717) is 5.69 Å². The highest BCUT2D eigenvalue weighted by molar-refractivity contribution is 8.00. The van der Waals surface area contributed by atoms with Crippen molar-refractivity contribution < 1.29 is 14.0 Å². The fourth-order valence-corrected chi connectivity index (χ4v) is 5.68. The first-order chi connectivity index (χ1) is 16.8. The lowest BCUT2D eigenvalue weighted by Gasteiger charge is -2.30. The van der Waals surface area contributed by atoms with Gasteiger partial charge in [0.2, 0.25) is 11.8 Å². The Bertz CT molecular complexity index is 1440. The van der Waals surface area contributed by atoms with E-state index in [1.807, 2.05) is 63.4 Å². The van der Waals surface area contributed by atoms with Crippen LogP contribution < -0.4 is 10.2 Å². The lowest BCUT2D eigenvalue weighted by atomic mass is 10.0. The maximum absolute atomic E-state index is 13.9. The number of thioether (sulfide) groups is 1. The smallest absolute Gasteiger partial charge is 0.248 e. The van der Waals surface area contributed by atoms with Crippen LogP contribution in [0.15, 0.2) is 71.8 Å². The van der Waals surface area contributed by atoms with Crippen molar-refractivity contribution in [3.63, 3.8) is 0 Å². The molecule has 2 heterocycles. The summed E-state index contributed by atoms with van der Waals surface area (Å²) in [5, 5.41) is 4.86. The molecule has 1 aromatic heterocycles. The molecule has 0 saturated heterocycles. The third-order valence-corrected chi connectivity index (χ3v) is 7.78. The van der Waals surface area contributed by atoms with E-state index >= 15 is 0 Å². The molecular formula is C28H26FN3O2S. The van der Waals surface area contributed by atoms with Gasteiger partial charge in [-0.2, -0.15) is 0 Å².